The topological polar surface area (TPSA) is 38.9 Å². The number of hydrogen-bond acceptors (Lipinski definition) is 3. The normalized spacial score (nSPS) is 12.2. The molecule has 24 heavy (non-hydrogen) atoms. The first kappa shape index (κ1) is 14.9. The minimum Gasteiger partial charge on any atom is -0.462 e. The fraction of sp³-hybridized carbons (Fsp3) is 0.238. The average Bonchev–Trinajstić information content (AvgIpc) is 3.01. The van der Waals surface area contributed by atoms with E-state index in [1.165, 1.54) is 5.56 Å². The molecule has 0 spiro atoms. The molecule has 0 atom stereocenters. The zero-order chi connectivity index (χ0) is 16.9. The second-order valence-electron chi connectivity index (χ2n) is 7.35. The highest BCUT2D eigenvalue weighted by molar-refractivity contribution is 6.09. The minimum absolute atomic E-state index is 0.0847. The van der Waals surface area contributed by atoms with Gasteiger partial charge in [-0.05, 0) is 53.8 Å². The molecule has 3 aromatic heterocycles. The Kier molecular flexibility index (Phi) is 3.20. The van der Waals surface area contributed by atoms with Crippen LogP contribution in [0.5, 0.6) is 0 Å². The third-order valence-corrected chi connectivity index (χ3v) is 4.43. The van der Waals surface area contributed by atoms with Crippen molar-refractivity contribution < 1.29 is 4.42 Å². The third kappa shape index (κ3) is 2.37. The van der Waals surface area contributed by atoms with Gasteiger partial charge in [-0.1, -0.05) is 20.8 Å². The van der Waals surface area contributed by atoms with E-state index in [0.717, 1.165) is 38.7 Å². The maximum absolute atomic E-state index is 5.66. The Hall–Kier alpha value is -2.68. The van der Waals surface area contributed by atoms with Crippen molar-refractivity contribution in [3.63, 3.8) is 0 Å². The number of fused-ring (bicyclic) bond motifs is 3. The highest BCUT2D eigenvalue weighted by Crippen LogP contribution is 2.35. The monoisotopic (exact) mass is 316 g/mol. The molecule has 0 saturated carbocycles. The van der Waals surface area contributed by atoms with Gasteiger partial charge in [-0.2, -0.15) is 0 Å². The first-order valence-corrected chi connectivity index (χ1v) is 8.17. The van der Waals surface area contributed by atoms with Crippen molar-refractivity contribution in [1.82, 2.24) is 9.97 Å². The molecule has 0 aliphatic rings. The molecule has 0 amide bonds. The van der Waals surface area contributed by atoms with Crippen LogP contribution < -0.4 is 0 Å². The number of hydrogen-bond donors (Lipinski definition) is 0. The van der Waals surface area contributed by atoms with Gasteiger partial charge in [0.2, 0.25) is 0 Å². The van der Waals surface area contributed by atoms with Crippen LogP contribution in [0.25, 0.3) is 33.1 Å². The molecule has 0 fully saturated rings. The summed E-state index contributed by atoms with van der Waals surface area (Å²) in [6.07, 6.45) is 5.49. The molecule has 3 heterocycles. The molecule has 0 unspecified atom stereocenters. The van der Waals surface area contributed by atoms with Gasteiger partial charge in [0.05, 0.1) is 12.0 Å². The predicted octanol–water partition coefficient (Wildman–Crippen LogP) is 5.65. The number of pyridine rings is 2. The van der Waals surface area contributed by atoms with Crippen LogP contribution in [0.1, 0.15) is 31.9 Å². The summed E-state index contributed by atoms with van der Waals surface area (Å²) in [6, 6.07) is 10.6. The highest BCUT2D eigenvalue weighted by atomic mass is 16.3. The van der Waals surface area contributed by atoms with E-state index in [9.17, 15) is 0 Å². The summed E-state index contributed by atoms with van der Waals surface area (Å²) < 4.78 is 5.66. The average molecular weight is 316 g/mol. The standard InChI is InChI=1S/C21H20N2O/c1-13-9-17-16(18-11-15(5-7-22-18)21(2,3)4)10-14-6-8-24-20(14)19(17)23-12-13/h5-12H,1-4H3. The molecule has 3 heteroatoms. The molecule has 0 saturated heterocycles. The van der Waals surface area contributed by atoms with Crippen LogP contribution in [-0.4, -0.2) is 9.97 Å². The van der Waals surface area contributed by atoms with Gasteiger partial charge < -0.3 is 4.42 Å². The second kappa shape index (κ2) is 5.17. The van der Waals surface area contributed by atoms with Crippen molar-refractivity contribution in [2.24, 2.45) is 0 Å². The zero-order valence-electron chi connectivity index (χ0n) is 14.4. The molecule has 1 aromatic carbocycles. The maximum Gasteiger partial charge on any atom is 0.160 e. The van der Waals surface area contributed by atoms with Crippen molar-refractivity contribution in [3.05, 3.63) is 60.1 Å². The van der Waals surface area contributed by atoms with E-state index in [-0.39, 0.29) is 5.41 Å². The molecule has 0 N–H and O–H groups in total. The van der Waals surface area contributed by atoms with E-state index in [4.69, 9.17) is 4.42 Å². The Bertz CT molecular complexity index is 1050. The van der Waals surface area contributed by atoms with Crippen LogP contribution in [0.2, 0.25) is 0 Å². The molecular weight excluding hydrogens is 296 g/mol. The van der Waals surface area contributed by atoms with Crippen molar-refractivity contribution in [2.45, 2.75) is 33.1 Å². The van der Waals surface area contributed by atoms with Crippen LogP contribution in [0.4, 0.5) is 0 Å². The molecule has 120 valence electrons. The number of aryl methyl sites for hydroxylation is 1. The van der Waals surface area contributed by atoms with Gasteiger partial charge >= 0.3 is 0 Å². The lowest BCUT2D eigenvalue weighted by molar-refractivity contribution is 0.589. The van der Waals surface area contributed by atoms with Gasteiger partial charge in [0.1, 0.15) is 5.52 Å². The van der Waals surface area contributed by atoms with Crippen LogP contribution in [0.3, 0.4) is 0 Å². The Morgan fingerprint density at radius 1 is 1.00 bits per heavy atom. The second-order valence-corrected chi connectivity index (χ2v) is 7.35. The van der Waals surface area contributed by atoms with E-state index in [0.29, 0.717) is 0 Å². The molecule has 0 aliphatic carbocycles. The van der Waals surface area contributed by atoms with Crippen LogP contribution in [0, 0.1) is 6.92 Å². The summed E-state index contributed by atoms with van der Waals surface area (Å²) in [7, 11) is 0. The fourth-order valence-electron chi connectivity index (χ4n) is 3.07. The first-order chi connectivity index (χ1) is 11.4. The van der Waals surface area contributed by atoms with Gasteiger partial charge in [-0.15, -0.1) is 0 Å². The molecule has 3 nitrogen and oxygen atoms in total. The summed E-state index contributed by atoms with van der Waals surface area (Å²) >= 11 is 0. The number of furan rings is 1. The van der Waals surface area contributed by atoms with Gasteiger partial charge in [0, 0.05) is 28.7 Å². The van der Waals surface area contributed by atoms with Crippen LogP contribution in [0.15, 0.2) is 53.4 Å². The first-order valence-electron chi connectivity index (χ1n) is 8.17. The van der Waals surface area contributed by atoms with Gasteiger partial charge in [0.15, 0.2) is 5.58 Å². The lowest BCUT2D eigenvalue weighted by Crippen LogP contribution is -2.11. The largest absolute Gasteiger partial charge is 0.462 e. The van der Waals surface area contributed by atoms with Crippen molar-refractivity contribution in [2.75, 3.05) is 0 Å². The zero-order valence-corrected chi connectivity index (χ0v) is 14.4. The lowest BCUT2D eigenvalue weighted by Gasteiger charge is -2.19. The summed E-state index contributed by atoms with van der Waals surface area (Å²) in [5, 5.41) is 2.13. The molecule has 4 rings (SSSR count). The van der Waals surface area contributed by atoms with Crippen LogP contribution in [-0.2, 0) is 5.41 Å². The molecule has 4 aromatic rings. The number of aromatic nitrogens is 2. The summed E-state index contributed by atoms with van der Waals surface area (Å²) in [6.45, 7) is 8.71. The smallest absolute Gasteiger partial charge is 0.160 e. The van der Waals surface area contributed by atoms with Gasteiger partial charge in [-0.3, -0.25) is 9.97 Å². The number of nitrogens with zero attached hydrogens (tertiary/aromatic N) is 2. The fourth-order valence-corrected chi connectivity index (χ4v) is 3.07. The summed E-state index contributed by atoms with van der Waals surface area (Å²) in [5.74, 6) is 0. The number of rotatable bonds is 1. The van der Waals surface area contributed by atoms with Crippen LogP contribution >= 0.6 is 0 Å². The maximum atomic E-state index is 5.66. The Morgan fingerprint density at radius 3 is 2.62 bits per heavy atom. The molecule has 0 radical (unpaired) electrons. The SMILES string of the molecule is Cc1cnc2c(c1)c(-c1cc(C(C)(C)C)ccn1)cc1ccoc12. The molecule has 0 bridgehead atoms. The van der Waals surface area contributed by atoms with E-state index in [2.05, 4.69) is 61.9 Å². The Morgan fingerprint density at radius 2 is 1.83 bits per heavy atom. The Labute approximate surface area is 141 Å². The highest BCUT2D eigenvalue weighted by Gasteiger charge is 2.17. The van der Waals surface area contributed by atoms with E-state index in [1.807, 2.05) is 18.5 Å². The Balaban J connectivity index is 2.06. The molecular formula is C21H20N2O. The minimum atomic E-state index is 0.0847. The summed E-state index contributed by atoms with van der Waals surface area (Å²) in [5.41, 5.74) is 6.28. The van der Waals surface area contributed by atoms with Crippen molar-refractivity contribution in [3.8, 4) is 11.3 Å². The third-order valence-electron chi connectivity index (χ3n) is 4.43. The van der Waals surface area contributed by atoms with Crippen molar-refractivity contribution >= 4 is 21.9 Å². The number of benzene rings is 1. The molecule has 0 aliphatic heterocycles. The predicted molar refractivity (Wildman–Crippen MR) is 98.2 cm³/mol. The van der Waals surface area contributed by atoms with E-state index < -0.39 is 0 Å². The van der Waals surface area contributed by atoms with E-state index >= 15 is 0 Å². The lowest BCUT2D eigenvalue weighted by atomic mass is 9.86. The van der Waals surface area contributed by atoms with Gasteiger partial charge in [-0.25, -0.2) is 0 Å². The van der Waals surface area contributed by atoms with Crippen molar-refractivity contribution in [1.29, 1.82) is 0 Å². The van der Waals surface area contributed by atoms with E-state index in [1.54, 1.807) is 6.26 Å². The van der Waals surface area contributed by atoms with Gasteiger partial charge in [0.25, 0.3) is 0 Å². The quantitative estimate of drug-likeness (QED) is 0.455. The summed E-state index contributed by atoms with van der Waals surface area (Å²) in [4.78, 5) is 9.25.